The Labute approximate surface area is 124 Å². The molecule has 0 aliphatic carbocycles. The number of benzene rings is 1. The molecule has 1 amide bonds. The van der Waals surface area contributed by atoms with E-state index in [4.69, 9.17) is 11.6 Å². The van der Waals surface area contributed by atoms with E-state index < -0.39 is 5.97 Å². The lowest BCUT2D eigenvalue weighted by Crippen LogP contribution is -2.35. The molecular weight excluding hydrogens is 278 g/mol. The van der Waals surface area contributed by atoms with E-state index in [2.05, 4.69) is 4.74 Å². The van der Waals surface area contributed by atoms with E-state index in [0.717, 1.165) is 12.0 Å². The van der Waals surface area contributed by atoms with Crippen molar-refractivity contribution < 1.29 is 14.3 Å². The number of esters is 1. The van der Waals surface area contributed by atoms with Crippen molar-refractivity contribution in [2.24, 2.45) is 0 Å². The number of amides is 1. The van der Waals surface area contributed by atoms with Gasteiger partial charge in [0, 0.05) is 17.6 Å². The van der Waals surface area contributed by atoms with E-state index in [9.17, 15) is 9.59 Å². The number of carbonyl (C=O) groups excluding carboxylic acids is 2. The summed E-state index contributed by atoms with van der Waals surface area (Å²) in [5, 5.41) is 0.645. The van der Waals surface area contributed by atoms with Crippen molar-refractivity contribution in [3.8, 4) is 0 Å². The predicted octanol–water partition coefficient (Wildman–Crippen LogP) is 2.76. The van der Waals surface area contributed by atoms with Crippen LogP contribution in [0.25, 0.3) is 6.08 Å². The van der Waals surface area contributed by atoms with Crippen LogP contribution in [0.4, 0.5) is 0 Å². The summed E-state index contributed by atoms with van der Waals surface area (Å²) in [4.78, 5) is 24.7. The second kappa shape index (κ2) is 8.38. The first kappa shape index (κ1) is 16.2. The van der Waals surface area contributed by atoms with Gasteiger partial charge in [0.15, 0.2) is 0 Å². The molecule has 0 aliphatic rings. The fourth-order valence-electron chi connectivity index (χ4n) is 1.60. The Balaban J connectivity index is 2.69. The Hall–Kier alpha value is -1.81. The third-order valence-corrected chi connectivity index (χ3v) is 2.89. The number of ether oxygens (including phenoxy) is 1. The normalized spacial score (nSPS) is 10.6. The third kappa shape index (κ3) is 5.45. The first-order valence-corrected chi connectivity index (χ1v) is 6.74. The maximum Gasteiger partial charge on any atom is 0.325 e. The molecule has 0 aromatic heterocycles. The van der Waals surface area contributed by atoms with Gasteiger partial charge in [-0.1, -0.05) is 30.7 Å². The number of methoxy groups -OCH3 is 1. The van der Waals surface area contributed by atoms with Crippen LogP contribution in [-0.2, 0) is 14.3 Å². The van der Waals surface area contributed by atoms with Crippen LogP contribution in [0, 0.1) is 0 Å². The number of hydrogen-bond donors (Lipinski definition) is 0. The van der Waals surface area contributed by atoms with Gasteiger partial charge in [-0.05, 0) is 30.2 Å². The minimum absolute atomic E-state index is 0.0336. The van der Waals surface area contributed by atoms with E-state index in [-0.39, 0.29) is 12.5 Å². The van der Waals surface area contributed by atoms with Crippen LogP contribution in [0.2, 0.25) is 5.02 Å². The summed E-state index contributed by atoms with van der Waals surface area (Å²) in [6.45, 7) is 2.42. The molecule has 0 N–H and O–H groups in total. The third-order valence-electron chi connectivity index (χ3n) is 2.64. The number of hydrogen-bond acceptors (Lipinski definition) is 3. The van der Waals surface area contributed by atoms with Gasteiger partial charge in [0.25, 0.3) is 0 Å². The molecule has 1 aromatic rings. The van der Waals surface area contributed by atoms with Crippen LogP contribution in [0.15, 0.2) is 30.3 Å². The van der Waals surface area contributed by atoms with Crippen LogP contribution in [0.3, 0.4) is 0 Å². The van der Waals surface area contributed by atoms with Gasteiger partial charge in [-0.2, -0.15) is 0 Å². The number of nitrogens with zero attached hydrogens (tertiary/aromatic N) is 1. The molecule has 0 heterocycles. The maximum atomic E-state index is 12.0. The Morgan fingerprint density at radius 1 is 1.30 bits per heavy atom. The summed E-state index contributed by atoms with van der Waals surface area (Å²) in [7, 11) is 1.31. The zero-order valence-electron chi connectivity index (χ0n) is 11.6. The van der Waals surface area contributed by atoms with E-state index in [0.29, 0.717) is 11.6 Å². The molecule has 0 radical (unpaired) electrons. The minimum Gasteiger partial charge on any atom is -0.468 e. The predicted molar refractivity (Wildman–Crippen MR) is 79.4 cm³/mol. The van der Waals surface area contributed by atoms with Crippen LogP contribution in [-0.4, -0.2) is 37.0 Å². The number of carbonyl (C=O) groups is 2. The fraction of sp³-hybridized carbons (Fsp3) is 0.333. The van der Waals surface area contributed by atoms with Gasteiger partial charge in [-0.25, -0.2) is 0 Å². The molecule has 0 saturated heterocycles. The number of rotatable bonds is 6. The second-order valence-corrected chi connectivity index (χ2v) is 4.66. The Kier molecular flexibility index (Phi) is 6.81. The lowest BCUT2D eigenvalue weighted by Gasteiger charge is -2.18. The molecule has 108 valence electrons. The molecule has 4 nitrogen and oxygen atoms in total. The smallest absolute Gasteiger partial charge is 0.325 e. The Bertz CT molecular complexity index is 482. The Morgan fingerprint density at radius 3 is 2.50 bits per heavy atom. The van der Waals surface area contributed by atoms with E-state index in [1.54, 1.807) is 18.2 Å². The molecule has 0 spiro atoms. The van der Waals surface area contributed by atoms with Gasteiger partial charge < -0.3 is 9.64 Å². The van der Waals surface area contributed by atoms with E-state index in [1.165, 1.54) is 18.1 Å². The second-order valence-electron chi connectivity index (χ2n) is 4.22. The summed E-state index contributed by atoms with van der Waals surface area (Å²) in [6.07, 6.45) is 3.91. The summed E-state index contributed by atoms with van der Waals surface area (Å²) in [6, 6.07) is 7.14. The molecule has 0 saturated carbocycles. The highest BCUT2D eigenvalue weighted by Gasteiger charge is 2.14. The van der Waals surface area contributed by atoms with Crippen molar-refractivity contribution in [3.63, 3.8) is 0 Å². The van der Waals surface area contributed by atoms with Gasteiger partial charge >= 0.3 is 5.97 Å². The molecule has 1 aromatic carbocycles. The van der Waals surface area contributed by atoms with E-state index in [1.807, 2.05) is 19.1 Å². The average Bonchev–Trinajstić information content (AvgIpc) is 2.45. The summed E-state index contributed by atoms with van der Waals surface area (Å²) < 4.78 is 4.58. The van der Waals surface area contributed by atoms with Gasteiger partial charge in [0.1, 0.15) is 6.54 Å². The molecule has 0 aliphatic heterocycles. The molecule has 1 rings (SSSR count). The van der Waals surface area contributed by atoms with Gasteiger partial charge in [-0.15, -0.1) is 0 Å². The first-order chi connectivity index (χ1) is 9.56. The Morgan fingerprint density at radius 2 is 1.95 bits per heavy atom. The van der Waals surface area contributed by atoms with Crippen molar-refractivity contribution in [1.29, 1.82) is 0 Å². The molecule has 0 fully saturated rings. The van der Waals surface area contributed by atoms with Crippen molar-refractivity contribution in [2.75, 3.05) is 20.2 Å². The van der Waals surface area contributed by atoms with Crippen LogP contribution in [0.1, 0.15) is 18.9 Å². The molecule has 20 heavy (non-hydrogen) atoms. The lowest BCUT2D eigenvalue weighted by atomic mass is 10.2. The molecule has 5 heteroatoms. The SMILES string of the molecule is CCCN(CC(=O)OC)C(=O)C=Cc1ccc(Cl)cc1. The standard InChI is InChI=1S/C15H18ClNO3/c1-3-10-17(11-15(19)20-2)14(18)9-6-12-4-7-13(16)8-5-12/h4-9H,3,10-11H2,1-2H3. The molecule has 0 bridgehead atoms. The highest BCUT2D eigenvalue weighted by molar-refractivity contribution is 6.30. The van der Waals surface area contributed by atoms with E-state index >= 15 is 0 Å². The summed E-state index contributed by atoms with van der Waals surface area (Å²) in [5.41, 5.74) is 0.872. The van der Waals surface area contributed by atoms with Crippen molar-refractivity contribution in [1.82, 2.24) is 4.90 Å². The minimum atomic E-state index is -0.424. The van der Waals surface area contributed by atoms with Gasteiger partial charge in [0.2, 0.25) is 5.91 Å². The van der Waals surface area contributed by atoms with Crippen molar-refractivity contribution in [2.45, 2.75) is 13.3 Å². The molecular formula is C15H18ClNO3. The topological polar surface area (TPSA) is 46.6 Å². The van der Waals surface area contributed by atoms with Gasteiger partial charge in [0.05, 0.1) is 7.11 Å². The van der Waals surface area contributed by atoms with Gasteiger partial charge in [-0.3, -0.25) is 9.59 Å². The highest BCUT2D eigenvalue weighted by Crippen LogP contribution is 2.10. The summed E-state index contributed by atoms with van der Waals surface area (Å²) in [5.74, 6) is -0.640. The van der Waals surface area contributed by atoms with Crippen molar-refractivity contribution >= 4 is 29.6 Å². The zero-order chi connectivity index (χ0) is 15.0. The zero-order valence-corrected chi connectivity index (χ0v) is 12.4. The summed E-state index contributed by atoms with van der Waals surface area (Å²) >= 11 is 5.79. The molecule has 0 atom stereocenters. The fourth-order valence-corrected chi connectivity index (χ4v) is 1.73. The van der Waals surface area contributed by atoms with Crippen molar-refractivity contribution in [3.05, 3.63) is 40.9 Å². The highest BCUT2D eigenvalue weighted by atomic mass is 35.5. The van der Waals surface area contributed by atoms with Crippen LogP contribution < -0.4 is 0 Å². The average molecular weight is 296 g/mol. The van der Waals surface area contributed by atoms with Crippen LogP contribution >= 0.6 is 11.6 Å². The largest absolute Gasteiger partial charge is 0.468 e. The van der Waals surface area contributed by atoms with Crippen LogP contribution in [0.5, 0.6) is 0 Å². The molecule has 0 unspecified atom stereocenters. The lowest BCUT2D eigenvalue weighted by molar-refractivity contribution is -0.145. The first-order valence-electron chi connectivity index (χ1n) is 6.36. The quantitative estimate of drug-likeness (QED) is 0.599. The maximum absolute atomic E-state index is 12.0. The number of halogens is 1. The monoisotopic (exact) mass is 295 g/mol.